The summed E-state index contributed by atoms with van der Waals surface area (Å²) in [5.41, 5.74) is 7.12. The molecule has 0 unspecified atom stereocenters. The van der Waals surface area contributed by atoms with Crippen molar-refractivity contribution in [2.24, 2.45) is 5.73 Å². The SMILES string of the molecule is CN(Cc1cccc(CN)c1)C(=O)c1cccc(F)c1F. The van der Waals surface area contributed by atoms with Crippen LogP contribution in [0.4, 0.5) is 8.78 Å². The van der Waals surface area contributed by atoms with Crippen molar-refractivity contribution in [3.8, 4) is 0 Å². The maximum atomic E-state index is 13.6. The minimum atomic E-state index is -1.12. The van der Waals surface area contributed by atoms with Gasteiger partial charge in [-0.05, 0) is 23.3 Å². The van der Waals surface area contributed by atoms with Crippen molar-refractivity contribution in [2.75, 3.05) is 7.05 Å². The van der Waals surface area contributed by atoms with Crippen LogP contribution in [0.5, 0.6) is 0 Å². The molecule has 0 heterocycles. The molecular weight excluding hydrogens is 274 g/mol. The fraction of sp³-hybridized carbons (Fsp3) is 0.188. The van der Waals surface area contributed by atoms with Gasteiger partial charge in [0, 0.05) is 20.1 Å². The maximum Gasteiger partial charge on any atom is 0.256 e. The Bertz CT molecular complexity index is 658. The van der Waals surface area contributed by atoms with E-state index in [4.69, 9.17) is 5.73 Å². The normalized spacial score (nSPS) is 10.5. The summed E-state index contributed by atoms with van der Waals surface area (Å²) in [6.07, 6.45) is 0. The maximum absolute atomic E-state index is 13.6. The van der Waals surface area contributed by atoms with Gasteiger partial charge in [-0.1, -0.05) is 30.3 Å². The van der Waals surface area contributed by atoms with Crippen LogP contribution in [0, 0.1) is 11.6 Å². The molecule has 0 saturated heterocycles. The molecule has 110 valence electrons. The average Bonchev–Trinajstić information content (AvgIpc) is 2.49. The molecule has 2 rings (SSSR count). The number of nitrogens with zero attached hydrogens (tertiary/aromatic N) is 1. The summed E-state index contributed by atoms with van der Waals surface area (Å²) >= 11 is 0. The topological polar surface area (TPSA) is 46.3 Å². The average molecular weight is 290 g/mol. The molecule has 2 aromatic carbocycles. The summed E-state index contributed by atoms with van der Waals surface area (Å²) in [6, 6.07) is 11.0. The van der Waals surface area contributed by atoms with Crippen LogP contribution < -0.4 is 5.73 Å². The highest BCUT2D eigenvalue weighted by Gasteiger charge is 2.18. The van der Waals surface area contributed by atoms with Gasteiger partial charge in [-0.15, -0.1) is 0 Å². The van der Waals surface area contributed by atoms with Gasteiger partial charge in [-0.3, -0.25) is 4.79 Å². The van der Waals surface area contributed by atoms with Gasteiger partial charge >= 0.3 is 0 Å². The molecule has 0 aliphatic heterocycles. The second-order valence-electron chi connectivity index (χ2n) is 4.79. The van der Waals surface area contributed by atoms with Gasteiger partial charge in [0.1, 0.15) is 0 Å². The zero-order valence-electron chi connectivity index (χ0n) is 11.6. The lowest BCUT2D eigenvalue weighted by Gasteiger charge is -2.18. The Morgan fingerprint density at radius 2 is 1.81 bits per heavy atom. The van der Waals surface area contributed by atoms with Crippen molar-refractivity contribution < 1.29 is 13.6 Å². The summed E-state index contributed by atoms with van der Waals surface area (Å²) in [7, 11) is 1.54. The van der Waals surface area contributed by atoms with E-state index in [9.17, 15) is 13.6 Å². The van der Waals surface area contributed by atoms with Gasteiger partial charge in [0.05, 0.1) is 5.56 Å². The number of halogens is 2. The van der Waals surface area contributed by atoms with E-state index in [2.05, 4.69) is 0 Å². The summed E-state index contributed by atoms with van der Waals surface area (Å²) in [5.74, 6) is -2.71. The minimum absolute atomic E-state index is 0.271. The van der Waals surface area contributed by atoms with E-state index in [1.165, 1.54) is 17.0 Å². The Morgan fingerprint density at radius 3 is 2.52 bits per heavy atom. The number of rotatable bonds is 4. The Balaban J connectivity index is 2.17. The van der Waals surface area contributed by atoms with Crippen LogP contribution in [-0.4, -0.2) is 17.9 Å². The number of hydrogen-bond donors (Lipinski definition) is 1. The highest BCUT2D eigenvalue weighted by Crippen LogP contribution is 2.15. The number of carbonyl (C=O) groups is 1. The van der Waals surface area contributed by atoms with E-state index in [-0.39, 0.29) is 5.56 Å². The third-order valence-corrected chi connectivity index (χ3v) is 3.18. The van der Waals surface area contributed by atoms with Crippen molar-refractivity contribution in [3.63, 3.8) is 0 Å². The Labute approximate surface area is 122 Å². The van der Waals surface area contributed by atoms with Crippen molar-refractivity contribution in [2.45, 2.75) is 13.1 Å². The van der Waals surface area contributed by atoms with Crippen LogP contribution in [-0.2, 0) is 13.1 Å². The monoisotopic (exact) mass is 290 g/mol. The van der Waals surface area contributed by atoms with E-state index < -0.39 is 17.5 Å². The molecule has 0 spiro atoms. The van der Waals surface area contributed by atoms with E-state index >= 15 is 0 Å². The largest absolute Gasteiger partial charge is 0.337 e. The van der Waals surface area contributed by atoms with E-state index in [0.717, 1.165) is 17.2 Å². The van der Waals surface area contributed by atoms with Crippen LogP contribution in [0.3, 0.4) is 0 Å². The van der Waals surface area contributed by atoms with Crippen LogP contribution in [0.1, 0.15) is 21.5 Å². The summed E-state index contributed by atoms with van der Waals surface area (Å²) in [5, 5.41) is 0. The minimum Gasteiger partial charge on any atom is -0.337 e. The van der Waals surface area contributed by atoms with Gasteiger partial charge in [-0.25, -0.2) is 8.78 Å². The Kier molecular flexibility index (Phi) is 4.65. The molecule has 0 aliphatic rings. The third kappa shape index (κ3) is 3.44. The second kappa shape index (κ2) is 6.45. The number of benzene rings is 2. The van der Waals surface area contributed by atoms with Crippen LogP contribution in [0.15, 0.2) is 42.5 Å². The van der Waals surface area contributed by atoms with Crippen molar-refractivity contribution >= 4 is 5.91 Å². The van der Waals surface area contributed by atoms with Crippen LogP contribution >= 0.6 is 0 Å². The highest BCUT2D eigenvalue weighted by atomic mass is 19.2. The first-order valence-electron chi connectivity index (χ1n) is 6.50. The molecule has 5 heteroatoms. The van der Waals surface area contributed by atoms with Gasteiger partial charge in [0.25, 0.3) is 5.91 Å². The molecule has 0 radical (unpaired) electrons. The molecule has 21 heavy (non-hydrogen) atoms. The molecule has 2 N–H and O–H groups in total. The molecule has 0 fully saturated rings. The van der Waals surface area contributed by atoms with Crippen LogP contribution in [0.2, 0.25) is 0 Å². The Hall–Kier alpha value is -2.27. The molecular formula is C16H16F2N2O. The van der Waals surface area contributed by atoms with Crippen molar-refractivity contribution in [1.29, 1.82) is 0 Å². The standard InChI is InChI=1S/C16H16F2N2O/c1-20(10-12-5-2-4-11(8-12)9-19)16(21)13-6-3-7-14(17)15(13)18/h2-8H,9-10,19H2,1H3. The molecule has 3 nitrogen and oxygen atoms in total. The lowest BCUT2D eigenvalue weighted by molar-refractivity contribution is 0.0779. The first-order valence-corrected chi connectivity index (χ1v) is 6.50. The third-order valence-electron chi connectivity index (χ3n) is 3.18. The highest BCUT2D eigenvalue weighted by molar-refractivity contribution is 5.94. The number of carbonyl (C=O) groups excluding carboxylic acids is 1. The van der Waals surface area contributed by atoms with Crippen LogP contribution in [0.25, 0.3) is 0 Å². The molecule has 0 aromatic heterocycles. The van der Waals surface area contributed by atoms with Gasteiger partial charge < -0.3 is 10.6 Å². The number of hydrogen-bond acceptors (Lipinski definition) is 2. The predicted octanol–water partition coefficient (Wildman–Crippen LogP) is 2.70. The quantitative estimate of drug-likeness (QED) is 0.941. The summed E-state index contributed by atoms with van der Waals surface area (Å²) in [4.78, 5) is 13.5. The zero-order valence-corrected chi connectivity index (χ0v) is 11.6. The molecule has 0 saturated carbocycles. The van der Waals surface area contributed by atoms with Crippen molar-refractivity contribution in [3.05, 3.63) is 70.8 Å². The zero-order chi connectivity index (χ0) is 15.4. The molecule has 2 aromatic rings. The fourth-order valence-corrected chi connectivity index (χ4v) is 2.08. The first kappa shape index (κ1) is 15.1. The fourth-order valence-electron chi connectivity index (χ4n) is 2.08. The molecule has 0 bridgehead atoms. The van der Waals surface area contributed by atoms with E-state index in [0.29, 0.717) is 13.1 Å². The van der Waals surface area contributed by atoms with Gasteiger partial charge in [0.2, 0.25) is 0 Å². The summed E-state index contributed by atoms with van der Waals surface area (Å²) < 4.78 is 26.8. The number of amides is 1. The lowest BCUT2D eigenvalue weighted by atomic mass is 10.1. The first-order chi connectivity index (χ1) is 10.0. The summed E-state index contributed by atoms with van der Waals surface area (Å²) in [6.45, 7) is 0.701. The molecule has 1 amide bonds. The van der Waals surface area contributed by atoms with E-state index in [1.54, 1.807) is 7.05 Å². The van der Waals surface area contributed by atoms with Gasteiger partial charge in [0.15, 0.2) is 11.6 Å². The van der Waals surface area contributed by atoms with E-state index in [1.807, 2.05) is 24.3 Å². The molecule has 0 atom stereocenters. The van der Waals surface area contributed by atoms with Crippen molar-refractivity contribution in [1.82, 2.24) is 4.90 Å². The smallest absolute Gasteiger partial charge is 0.256 e. The number of nitrogens with two attached hydrogens (primary N) is 1. The Morgan fingerprint density at radius 1 is 1.14 bits per heavy atom. The van der Waals surface area contributed by atoms with Gasteiger partial charge in [-0.2, -0.15) is 0 Å². The predicted molar refractivity (Wildman–Crippen MR) is 76.5 cm³/mol. The lowest BCUT2D eigenvalue weighted by Crippen LogP contribution is -2.27. The molecule has 0 aliphatic carbocycles. The second-order valence-corrected chi connectivity index (χ2v) is 4.79.